The van der Waals surface area contributed by atoms with Gasteiger partial charge in [-0.1, -0.05) is 0 Å². The molecule has 0 bridgehead atoms. The van der Waals surface area contributed by atoms with E-state index < -0.39 is 42.4 Å². The molecule has 0 aromatic rings. The van der Waals surface area contributed by atoms with Gasteiger partial charge in [-0.15, -0.1) is 11.8 Å². The fraction of sp³-hybridized carbons (Fsp3) is 1.00. The third-order valence-corrected chi connectivity index (χ3v) is 8.41. The average molecular weight is 302 g/mol. The third kappa shape index (κ3) is 3.14. The van der Waals surface area contributed by atoms with Crippen LogP contribution in [0.25, 0.3) is 0 Å². The molecule has 0 radical (unpaired) electrons. The van der Waals surface area contributed by atoms with E-state index in [4.69, 9.17) is 0 Å². The van der Waals surface area contributed by atoms with Crippen LogP contribution in [-0.4, -0.2) is 72.8 Å². The number of aliphatic hydroxyl groups excluding tert-OH is 2. The fourth-order valence-electron chi connectivity index (χ4n) is 2.08. The summed E-state index contributed by atoms with van der Waals surface area (Å²) in [5.74, 6) is -0.856. The topological polar surface area (TPSA) is 109 Å². The van der Waals surface area contributed by atoms with E-state index in [9.17, 15) is 27.0 Å². The van der Waals surface area contributed by atoms with Crippen molar-refractivity contribution < 1.29 is 27.0 Å². The maximum absolute atomic E-state index is 11.3. The van der Waals surface area contributed by atoms with Gasteiger partial charge in [-0.25, -0.2) is 16.8 Å². The molecule has 2 aliphatic rings. The molecule has 0 amide bonds. The van der Waals surface area contributed by atoms with Crippen molar-refractivity contribution >= 4 is 31.4 Å². The summed E-state index contributed by atoms with van der Waals surface area (Å²) >= 11 is 1.08. The van der Waals surface area contributed by atoms with Crippen molar-refractivity contribution in [1.82, 2.24) is 0 Å². The van der Waals surface area contributed by atoms with Crippen molar-refractivity contribution in [3.05, 3.63) is 0 Å². The predicted octanol–water partition coefficient (Wildman–Crippen LogP) is -1.96. The van der Waals surface area contributed by atoms with Crippen LogP contribution in [0.3, 0.4) is 0 Å². The minimum absolute atomic E-state index is 0.151. The molecule has 6 nitrogen and oxygen atoms in total. The first kappa shape index (κ1) is 13.6. The summed E-state index contributed by atoms with van der Waals surface area (Å²) in [6.45, 7) is 0. The standard InChI is InChI=1S/C8H14O6S3/c9-5-1-16(11,12)3-7(5)15-8-4-17(13,14)2-6(8)10/h5-10H,1-4H2/t5-,6+,7-,8-/m1/s1. The summed E-state index contributed by atoms with van der Waals surface area (Å²) in [5.41, 5.74) is 0. The van der Waals surface area contributed by atoms with E-state index in [1.165, 1.54) is 0 Å². The summed E-state index contributed by atoms with van der Waals surface area (Å²) < 4.78 is 45.1. The van der Waals surface area contributed by atoms with Crippen LogP contribution in [0.1, 0.15) is 0 Å². The van der Waals surface area contributed by atoms with E-state index in [1.54, 1.807) is 0 Å². The lowest BCUT2D eigenvalue weighted by Gasteiger charge is -2.18. The molecule has 0 saturated carbocycles. The average Bonchev–Trinajstić information content (AvgIpc) is 2.50. The van der Waals surface area contributed by atoms with Gasteiger partial charge in [-0.3, -0.25) is 0 Å². The zero-order valence-electron chi connectivity index (χ0n) is 8.89. The van der Waals surface area contributed by atoms with E-state index in [0.29, 0.717) is 0 Å². The monoisotopic (exact) mass is 302 g/mol. The predicted molar refractivity (Wildman–Crippen MR) is 64.5 cm³/mol. The van der Waals surface area contributed by atoms with Gasteiger partial charge in [-0.05, 0) is 0 Å². The second kappa shape index (κ2) is 4.37. The normalized spacial score (nSPS) is 43.9. The molecule has 2 saturated heterocycles. The quantitative estimate of drug-likeness (QED) is 0.609. The number of rotatable bonds is 2. The van der Waals surface area contributed by atoms with Gasteiger partial charge in [0.05, 0.1) is 35.2 Å². The van der Waals surface area contributed by atoms with Crippen molar-refractivity contribution in [2.45, 2.75) is 22.7 Å². The van der Waals surface area contributed by atoms with E-state index in [1.807, 2.05) is 0 Å². The minimum Gasteiger partial charge on any atom is -0.391 e. The Kier molecular flexibility index (Phi) is 3.50. The zero-order chi connectivity index (χ0) is 12.8. The van der Waals surface area contributed by atoms with Gasteiger partial charge in [0.1, 0.15) is 0 Å². The highest BCUT2D eigenvalue weighted by molar-refractivity contribution is 8.03. The van der Waals surface area contributed by atoms with Crippen LogP contribution in [0.15, 0.2) is 0 Å². The van der Waals surface area contributed by atoms with E-state index in [2.05, 4.69) is 0 Å². The van der Waals surface area contributed by atoms with E-state index >= 15 is 0 Å². The minimum atomic E-state index is -3.23. The Labute approximate surface area is 104 Å². The molecular formula is C8H14O6S3. The molecule has 0 unspecified atom stereocenters. The van der Waals surface area contributed by atoms with Crippen LogP contribution in [-0.2, 0) is 19.7 Å². The summed E-state index contributed by atoms with van der Waals surface area (Å²) in [5, 5.41) is 18.1. The van der Waals surface area contributed by atoms with Gasteiger partial charge >= 0.3 is 0 Å². The molecule has 0 aromatic heterocycles. The molecule has 2 fully saturated rings. The van der Waals surface area contributed by atoms with Crippen molar-refractivity contribution in [3.63, 3.8) is 0 Å². The van der Waals surface area contributed by atoms with Gasteiger partial charge in [0.2, 0.25) is 0 Å². The fourth-order valence-corrected chi connectivity index (χ4v) is 8.42. The Bertz CT molecular complexity index is 449. The van der Waals surface area contributed by atoms with Crippen molar-refractivity contribution in [2.75, 3.05) is 23.0 Å². The maximum Gasteiger partial charge on any atom is 0.154 e. The summed E-state index contributed by atoms with van der Waals surface area (Å²) in [6.07, 6.45) is -1.94. The Morgan fingerprint density at radius 2 is 1.12 bits per heavy atom. The number of hydrogen-bond donors (Lipinski definition) is 2. The first-order chi connectivity index (χ1) is 7.69. The first-order valence-corrected chi connectivity index (χ1v) is 9.69. The molecule has 2 N–H and O–H groups in total. The third-order valence-electron chi connectivity index (χ3n) is 2.89. The molecular weight excluding hydrogens is 288 g/mol. The molecule has 2 heterocycles. The van der Waals surface area contributed by atoms with Crippen LogP contribution in [0.2, 0.25) is 0 Å². The number of hydrogen-bond acceptors (Lipinski definition) is 7. The summed E-state index contributed by atoms with van der Waals surface area (Å²) in [7, 11) is -6.47. The molecule has 2 rings (SSSR count). The smallest absolute Gasteiger partial charge is 0.154 e. The molecule has 4 atom stereocenters. The molecule has 2 aliphatic heterocycles. The highest BCUT2D eigenvalue weighted by Gasteiger charge is 2.43. The van der Waals surface area contributed by atoms with Gasteiger partial charge in [-0.2, -0.15) is 0 Å². The van der Waals surface area contributed by atoms with E-state index in [0.717, 1.165) is 11.8 Å². The highest BCUT2D eigenvalue weighted by atomic mass is 32.2. The van der Waals surface area contributed by atoms with Crippen molar-refractivity contribution in [3.8, 4) is 0 Å². The Hall–Kier alpha value is 0.170. The Morgan fingerprint density at radius 1 is 0.765 bits per heavy atom. The molecule has 100 valence electrons. The lowest BCUT2D eigenvalue weighted by molar-refractivity contribution is 0.200. The number of sulfone groups is 2. The SMILES string of the molecule is O=S1(=O)C[C@@H](O)[C@H](S[C@@H]2CS(=O)(=O)C[C@@H]2O)C1. The number of aliphatic hydroxyl groups is 2. The van der Waals surface area contributed by atoms with Crippen LogP contribution < -0.4 is 0 Å². The molecule has 0 spiro atoms. The molecule has 17 heavy (non-hydrogen) atoms. The highest BCUT2D eigenvalue weighted by Crippen LogP contribution is 2.33. The lowest BCUT2D eigenvalue weighted by atomic mass is 10.3. The van der Waals surface area contributed by atoms with Gasteiger partial charge in [0.15, 0.2) is 19.7 Å². The zero-order valence-corrected chi connectivity index (χ0v) is 11.3. The second-order valence-corrected chi connectivity index (χ2v) is 10.3. The van der Waals surface area contributed by atoms with Gasteiger partial charge in [0.25, 0.3) is 0 Å². The number of thioether (sulfide) groups is 1. The van der Waals surface area contributed by atoms with E-state index in [-0.39, 0.29) is 23.0 Å². The summed E-state index contributed by atoms with van der Waals surface area (Å²) in [6, 6.07) is 0. The first-order valence-electron chi connectivity index (χ1n) is 5.11. The summed E-state index contributed by atoms with van der Waals surface area (Å²) in [4.78, 5) is 0. The molecule has 0 aliphatic carbocycles. The van der Waals surface area contributed by atoms with Gasteiger partial charge in [0, 0.05) is 10.5 Å². The van der Waals surface area contributed by atoms with Crippen LogP contribution in [0, 0.1) is 0 Å². The molecule has 0 aromatic carbocycles. The van der Waals surface area contributed by atoms with Crippen LogP contribution in [0.4, 0.5) is 0 Å². The lowest BCUT2D eigenvalue weighted by Crippen LogP contribution is -2.28. The second-order valence-electron chi connectivity index (χ2n) is 4.50. The molecule has 9 heteroatoms. The van der Waals surface area contributed by atoms with Gasteiger partial charge < -0.3 is 10.2 Å². The van der Waals surface area contributed by atoms with Crippen molar-refractivity contribution in [1.29, 1.82) is 0 Å². The van der Waals surface area contributed by atoms with Crippen LogP contribution in [0.5, 0.6) is 0 Å². The largest absolute Gasteiger partial charge is 0.391 e. The van der Waals surface area contributed by atoms with Crippen LogP contribution >= 0.6 is 11.8 Å². The Balaban J connectivity index is 2.04. The maximum atomic E-state index is 11.3. The van der Waals surface area contributed by atoms with Crippen molar-refractivity contribution in [2.24, 2.45) is 0 Å². The Morgan fingerprint density at radius 3 is 1.35 bits per heavy atom.